The first-order valence-electron chi connectivity index (χ1n) is 9.07. The van der Waals surface area contributed by atoms with E-state index in [9.17, 15) is 13.6 Å². The van der Waals surface area contributed by atoms with Crippen LogP contribution in [-0.2, 0) is 6.54 Å². The molecular formula is C23H19F2N2O. The van der Waals surface area contributed by atoms with Gasteiger partial charge in [-0.2, -0.15) is 0 Å². The van der Waals surface area contributed by atoms with Gasteiger partial charge in [-0.05, 0) is 41.8 Å². The summed E-state index contributed by atoms with van der Waals surface area (Å²) in [6.45, 7) is 4.27. The van der Waals surface area contributed by atoms with Crippen molar-refractivity contribution in [3.8, 4) is 0 Å². The summed E-state index contributed by atoms with van der Waals surface area (Å²) >= 11 is 0. The Hall–Kier alpha value is -3.21. The van der Waals surface area contributed by atoms with Crippen LogP contribution in [0.3, 0.4) is 0 Å². The minimum atomic E-state index is -0.884. The van der Waals surface area contributed by atoms with Crippen molar-refractivity contribution in [2.45, 2.75) is 26.3 Å². The number of nitrogens with two attached hydrogens (primary N) is 1. The lowest BCUT2D eigenvalue weighted by atomic mass is 10.00. The molecule has 0 aliphatic heterocycles. The monoisotopic (exact) mass is 377 g/mol. The van der Waals surface area contributed by atoms with Crippen LogP contribution < -0.4 is 5.73 Å². The van der Waals surface area contributed by atoms with Gasteiger partial charge in [0.25, 0.3) is 0 Å². The Kier molecular flexibility index (Phi) is 4.38. The molecule has 4 rings (SSSR count). The van der Waals surface area contributed by atoms with E-state index in [0.29, 0.717) is 10.9 Å². The molecular weight excluding hydrogens is 358 g/mol. The molecule has 5 heteroatoms. The van der Waals surface area contributed by atoms with Crippen molar-refractivity contribution in [3.63, 3.8) is 0 Å². The van der Waals surface area contributed by atoms with Gasteiger partial charge in [-0.1, -0.05) is 38.1 Å². The smallest absolute Gasteiger partial charge is 0.249 e. The number of primary amides is 1. The molecule has 0 aliphatic rings. The maximum absolute atomic E-state index is 14.3. The SMILES string of the molecule is CC(C)c1c[c]c2c3c(C(N)=O)cccc3n(Cc3cccc(F)c3F)c2c1. The molecule has 2 N–H and O–H groups in total. The van der Waals surface area contributed by atoms with Gasteiger partial charge >= 0.3 is 0 Å². The zero-order valence-corrected chi connectivity index (χ0v) is 15.6. The molecule has 0 fully saturated rings. The van der Waals surface area contributed by atoms with E-state index in [0.717, 1.165) is 28.0 Å². The Bertz CT molecular complexity index is 1220. The van der Waals surface area contributed by atoms with E-state index in [1.165, 1.54) is 6.07 Å². The predicted octanol–water partition coefficient (Wildman–Crippen LogP) is 5.14. The third-order valence-corrected chi connectivity index (χ3v) is 5.11. The average molecular weight is 377 g/mol. The highest BCUT2D eigenvalue weighted by molar-refractivity contribution is 6.17. The largest absolute Gasteiger partial charge is 0.366 e. The Morgan fingerprint density at radius 2 is 1.89 bits per heavy atom. The summed E-state index contributed by atoms with van der Waals surface area (Å²) in [7, 11) is 0. The number of nitrogens with zero attached hydrogens (tertiary/aromatic N) is 1. The van der Waals surface area contributed by atoms with Gasteiger partial charge in [0.2, 0.25) is 5.91 Å². The Morgan fingerprint density at radius 3 is 2.61 bits per heavy atom. The number of hydrogen-bond acceptors (Lipinski definition) is 1. The van der Waals surface area contributed by atoms with E-state index in [1.807, 2.05) is 22.8 Å². The number of carbonyl (C=O) groups is 1. The molecule has 1 radical (unpaired) electrons. The van der Waals surface area contributed by atoms with Crippen LogP contribution >= 0.6 is 0 Å². The van der Waals surface area contributed by atoms with Crippen molar-refractivity contribution in [2.75, 3.05) is 0 Å². The number of carbonyl (C=O) groups excluding carboxylic acids is 1. The highest BCUT2D eigenvalue weighted by Crippen LogP contribution is 2.34. The molecule has 4 aromatic rings. The van der Waals surface area contributed by atoms with Crippen molar-refractivity contribution in [1.29, 1.82) is 0 Å². The van der Waals surface area contributed by atoms with Crippen molar-refractivity contribution in [2.24, 2.45) is 5.73 Å². The number of rotatable bonds is 4. The second-order valence-electron chi connectivity index (χ2n) is 7.21. The predicted molar refractivity (Wildman–Crippen MR) is 106 cm³/mol. The zero-order chi connectivity index (χ0) is 20.0. The highest BCUT2D eigenvalue weighted by atomic mass is 19.2. The molecule has 3 nitrogen and oxygen atoms in total. The maximum atomic E-state index is 14.3. The van der Waals surface area contributed by atoms with Crippen LogP contribution in [0.1, 0.15) is 41.3 Å². The van der Waals surface area contributed by atoms with Gasteiger partial charge in [0.1, 0.15) is 0 Å². The summed E-state index contributed by atoms with van der Waals surface area (Å²) < 4.78 is 29.9. The Labute approximate surface area is 161 Å². The van der Waals surface area contributed by atoms with Crippen molar-refractivity contribution in [3.05, 3.63) is 82.9 Å². The average Bonchev–Trinajstić information content (AvgIpc) is 2.98. The minimum absolute atomic E-state index is 0.126. The normalized spacial score (nSPS) is 11.6. The second kappa shape index (κ2) is 6.75. The van der Waals surface area contributed by atoms with Gasteiger partial charge in [-0.15, -0.1) is 0 Å². The first-order chi connectivity index (χ1) is 13.4. The molecule has 28 heavy (non-hydrogen) atoms. The summed E-state index contributed by atoms with van der Waals surface area (Å²) in [5.41, 5.74) is 8.80. The fourth-order valence-corrected chi connectivity index (χ4v) is 3.62. The van der Waals surface area contributed by atoms with Gasteiger partial charge in [-0.3, -0.25) is 4.79 Å². The summed E-state index contributed by atoms with van der Waals surface area (Å²) in [4.78, 5) is 12.0. The molecule has 141 valence electrons. The molecule has 1 amide bonds. The van der Waals surface area contributed by atoms with Crippen LogP contribution in [0.25, 0.3) is 21.8 Å². The van der Waals surface area contributed by atoms with E-state index in [2.05, 4.69) is 19.9 Å². The standard InChI is InChI=1S/C23H19F2N2O/c1-13(2)14-9-10-16-20(11-14)27(12-15-5-3-7-18(24)22(15)25)19-8-4-6-17(21(16)19)23(26)28/h3-9,11,13H,12H2,1-2H3,(H2,26,28). The van der Waals surface area contributed by atoms with Crippen molar-refractivity contribution >= 4 is 27.7 Å². The third-order valence-electron chi connectivity index (χ3n) is 5.11. The maximum Gasteiger partial charge on any atom is 0.249 e. The highest BCUT2D eigenvalue weighted by Gasteiger charge is 2.19. The number of benzene rings is 3. The molecule has 0 bridgehead atoms. The lowest BCUT2D eigenvalue weighted by Crippen LogP contribution is -2.11. The van der Waals surface area contributed by atoms with E-state index >= 15 is 0 Å². The number of aromatic nitrogens is 1. The summed E-state index contributed by atoms with van der Waals surface area (Å²) in [5.74, 6) is -2.02. The summed E-state index contributed by atoms with van der Waals surface area (Å²) in [6, 6.07) is 16.6. The number of amides is 1. The summed E-state index contributed by atoms with van der Waals surface area (Å²) in [5, 5.41) is 1.42. The summed E-state index contributed by atoms with van der Waals surface area (Å²) in [6.07, 6.45) is 0. The van der Waals surface area contributed by atoms with Gasteiger partial charge in [0, 0.05) is 21.9 Å². The molecule has 0 spiro atoms. The third kappa shape index (κ3) is 2.83. The van der Waals surface area contributed by atoms with Crippen molar-refractivity contribution in [1.82, 2.24) is 4.57 Å². The molecule has 0 unspecified atom stereocenters. The van der Waals surface area contributed by atoms with E-state index < -0.39 is 17.5 Å². The minimum Gasteiger partial charge on any atom is -0.366 e. The van der Waals surface area contributed by atoms with Gasteiger partial charge < -0.3 is 10.3 Å². The molecule has 0 saturated heterocycles. The number of hydrogen-bond donors (Lipinski definition) is 1. The van der Waals surface area contributed by atoms with Crippen LogP contribution in [0.4, 0.5) is 8.78 Å². The fourth-order valence-electron chi connectivity index (χ4n) is 3.62. The lowest BCUT2D eigenvalue weighted by Gasteiger charge is -2.11. The Balaban J connectivity index is 2.07. The molecule has 1 aromatic heterocycles. The van der Waals surface area contributed by atoms with Crippen molar-refractivity contribution < 1.29 is 13.6 Å². The lowest BCUT2D eigenvalue weighted by molar-refractivity contribution is 0.100. The number of fused-ring (bicyclic) bond motifs is 3. The molecule has 3 aromatic carbocycles. The quantitative estimate of drug-likeness (QED) is 0.526. The first-order valence-corrected chi connectivity index (χ1v) is 9.07. The second-order valence-corrected chi connectivity index (χ2v) is 7.21. The van der Waals surface area contributed by atoms with E-state index in [1.54, 1.807) is 18.2 Å². The molecule has 0 aliphatic carbocycles. The fraction of sp³-hybridized carbons (Fsp3) is 0.174. The van der Waals surface area contributed by atoms with Crippen LogP contribution in [0.2, 0.25) is 0 Å². The number of halogens is 2. The topological polar surface area (TPSA) is 48.0 Å². The Morgan fingerprint density at radius 1 is 1.14 bits per heavy atom. The van der Waals surface area contributed by atoms with Gasteiger partial charge in [-0.25, -0.2) is 8.78 Å². The molecule has 1 heterocycles. The first kappa shape index (κ1) is 18.2. The van der Waals surface area contributed by atoms with Crippen LogP contribution in [-0.4, -0.2) is 10.5 Å². The van der Waals surface area contributed by atoms with E-state index in [-0.39, 0.29) is 18.0 Å². The van der Waals surface area contributed by atoms with Crippen LogP contribution in [0, 0.1) is 17.7 Å². The zero-order valence-electron chi connectivity index (χ0n) is 15.6. The molecule has 0 atom stereocenters. The van der Waals surface area contributed by atoms with E-state index in [4.69, 9.17) is 5.73 Å². The molecule has 0 saturated carbocycles. The van der Waals surface area contributed by atoms with Crippen LogP contribution in [0.5, 0.6) is 0 Å². The van der Waals surface area contributed by atoms with Gasteiger partial charge in [0.05, 0.1) is 17.6 Å². The van der Waals surface area contributed by atoms with Gasteiger partial charge in [0.15, 0.2) is 11.6 Å². The van der Waals surface area contributed by atoms with Crippen LogP contribution in [0.15, 0.2) is 48.5 Å².